The van der Waals surface area contributed by atoms with E-state index in [-0.39, 0.29) is 0 Å². The summed E-state index contributed by atoms with van der Waals surface area (Å²) in [7, 11) is 4.44. The lowest BCUT2D eigenvalue weighted by molar-refractivity contribution is 0.190. The van der Waals surface area contributed by atoms with Crippen LogP contribution in [0.5, 0.6) is 0 Å². The first-order chi connectivity index (χ1) is 31.0. The Balaban J connectivity index is 5.00. The minimum atomic E-state index is 0.476. The van der Waals surface area contributed by atoms with Crippen LogP contribution in [0.1, 0.15) is 297 Å². The molecule has 0 heterocycles. The molecule has 0 aliphatic heterocycles. The van der Waals surface area contributed by atoms with Gasteiger partial charge in [0.2, 0.25) is 0 Å². The fourth-order valence-corrected chi connectivity index (χ4v) is 9.45. The van der Waals surface area contributed by atoms with Crippen LogP contribution in [0.4, 0.5) is 0 Å². The van der Waals surface area contributed by atoms with Crippen LogP contribution in [0.2, 0.25) is 0 Å². The number of allylic oxidation sites excluding steroid dienone is 11. The van der Waals surface area contributed by atoms with Crippen LogP contribution in [-0.2, 0) is 0 Å². The Hall–Kier alpha value is -1.60. The van der Waals surface area contributed by atoms with E-state index in [1.54, 1.807) is 5.57 Å². The third-order valence-corrected chi connectivity index (χ3v) is 13.5. The predicted octanol–water partition coefficient (Wildman–Crippen LogP) is 21.7. The predicted molar refractivity (Wildman–Crippen MR) is 291 cm³/mol. The number of hydrogen-bond acceptors (Lipinski definition) is 1. The average Bonchev–Trinajstić information content (AvgIpc) is 3.27. The molecular weight excluding hydrogens is 759 g/mol. The van der Waals surface area contributed by atoms with Crippen molar-refractivity contribution in [2.75, 3.05) is 20.6 Å². The zero-order chi connectivity index (χ0) is 45.8. The molecule has 0 rings (SSSR count). The standard InChI is InChI=1S/C62H115N/c1-7-10-13-16-19-22-25-28-31-34-37-40-43-46-49-52-57-62(60-61(4)55-54-59-63(5)6,56-51-48-45-42-39-36-33-30-27-24-21-18-15-12-9-3)58-53-50-47-44-41-38-35-32-29-26-23-20-17-14-11-8-2/h19-24,28-29,31-32H,4,7-18,25-27,30,33-60H2,1-3,5-6H3/b22-19-,23-20-,24-21-,31-28-,32-29-. The molecule has 1 heteroatoms. The van der Waals surface area contributed by atoms with Gasteiger partial charge in [-0.2, -0.15) is 0 Å². The monoisotopic (exact) mass is 874 g/mol. The molecule has 0 aromatic heterocycles. The summed E-state index contributed by atoms with van der Waals surface area (Å²) >= 11 is 0. The second-order valence-electron chi connectivity index (χ2n) is 20.3. The highest BCUT2D eigenvalue weighted by Gasteiger charge is 2.29. The van der Waals surface area contributed by atoms with Crippen LogP contribution >= 0.6 is 0 Å². The molecule has 368 valence electrons. The minimum absolute atomic E-state index is 0.476. The molecule has 0 aliphatic carbocycles. The van der Waals surface area contributed by atoms with E-state index >= 15 is 0 Å². The van der Waals surface area contributed by atoms with Crippen molar-refractivity contribution in [3.63, 3.8) is 0 Å². The van der Waals surface area contributed by atoms with Crippen molar-refractivity contribution in [2.24, 2.45) is 5.41 Å². The number of unbranched alkanes of at least 4 members (excludes halogenated alkanes) is 29. The van der Waals surface area contributed by atoms with Crippen molar-refractivity contribution in [3.05, 3.63) is 72.9 Å². The SMILES string of the molecule is C=C(CCCN(C)C)CC(CCCCCCCC/C=C\C/C=C\CCCCC)(CCCCCCCC/C=C\C/C=C\CCCCC)CCCCCCCCCC/C=C\CCCCC. The molecule has 0 saturated carbocycles. The molecule has 0 aromatic carbocycles. The highest BCUT2D eigenvalue weighted by Crippen LogP contribution is 2.43. The van der Waals surface area contributed by atoms with Gasteiger partial charge in [0.05, 0.1) is 0 Å². The second kappa shape index (κ2) is 51.4. The number of hydrogen-bond donors (Lipinski definition) is 0. The first-order valence-corrected chi connectivity index (χ1v) is 28.6. The molecule has 0 fully saturated rings. The third-order valence-electron chi connectivity index (χ3n) is 13.5. The fourth-order valence-electron chi connectivity index (χ4n) is 9.45. The molecular formula is C62H115N. The van der Waals surface area contributed by atoms with Crippen molar-refractivity contribution in [1.29, 1.82) is 0 Å². The zero-order valence-electron chi connectivity index (χ0n) is 44.0. The molecule has 1 nitrogen and oxygen atoms in total. The molecule has 0 spiro atoms. The van der Waals surface area contributed by atoms with Gasteiger partial charge in [0, 0.05) is 0 Å². The van der Waals surface area contributed by atoms with Crippen LogP contribution in [0.25, 0.3) is 0 Å². The lowest BCUT2D eigenvalue weighted by Crippen LogP contribution is -2.23. The quantitative estimate of drug-likeness (QED) is 0.0435. The normalized spacial score (nSPS) is 12.7. The van der Waals surface area contributed by atoms with Gasteiger partial charge in [-0.1, -0.05) is 241 Å². The van der Waals surface area contributed by atoms with Gasteiger partial charge in [-0.15, -0.1) is 0 Å². The van der Waals surface area contributed by atoms with Crippen molar-refractivity contribution >= 4 is 0 Å². The van der Waals surface area contributed by atoms with E-state index in [1.165, 1.54) is 270 Å². The maximum absolute atomic E-state index is 4.77. The van der Waals surface area contributed by atoms with Gasteiger partial charge in [0.15, 0.2) is 0 Å². The maximum Gasteiger partial charge on any atom is -0.00218 e. The van der Waals surface area contributed by atoms with Gasteiger partial charge < -0.3 is 4.90 Å². The molecule has 0 N–H and O–H groups in total. The maximum atomic E-state index is 4.77. The molecule has 0 saturated heterocycles. The summed E-state index contributed by atoms with van der Waals surface area (Å²) in [4.78, 5) is 2.35. The summed E-state index contributed by atoms with van der Waals surface area (Å²) in [6.07, 6.45) is 82.3. The lowest BCUT2D eigenvalue weighted by atomic mass is 9.69. The van der Waals surface area contributed by atoms with Gasteiger partial charge in [0.25, 0.3) is 0 Å². The van der Waals surface area contributed by atoms with Gasteiger partial charge >= 0.3 is 0 Å². The topological polar surface area (TPSA) is 3.24 Å². The fraction of sp³-hybridized carbons (Fsp3) is 0.806. The van der Waals surface area contributed by atoms with Crippen LogP contribution in [0, 0.1) is 5.41 Å². The van der Waals surface area contributed by atoms with Crippen molar-refractivity contribution in [3.8, 4) is 0 Å². The molecule has 0 bridgehead atoms. The Morgan fingerprint density at radius 2 is 0.619 bits per heavy atom. The van der Waals surface area contributed by atoms with Crippen molar-refractivity contribution in [1.82, 2.24) is 4.90 Å². The Morgan fingerprint density at radius 1 is 0.349 bits per heavy atom. The van der Waals surface area contributed by atoms with E-state index in [1.807, 2.05) is 0 Å². The molecule has 63 heavy (non-hydrogen) atoms. The first-order valence-electron chi connectivity index (χ1n) is 28.6. The van der Waals surface area contributed by atoms with Crippen LogP contribution in [0.15, 0.2) is 72.9 Å². The average molecular weight is 875 g/mol. The third kappa shape index (κ3) is 48.2. The molecule has 0 unspecified atom stereocenters. The second-order valence-corrected chi connectivity index (χ2v) is 20.3. The summed E-state index contributed by atoms with van der Waals surface area (Å²) in [6, 6.07) is 0. The van der Waals surface area contributed by atoms with Crippen molar-refractivity contribution < 1.29 is 0 Å². The molecule has 0 aromatic rings. The van der Waals surface area contributed by atoms with E-state index in [0.29, 0.717) is 5.41 Å². The lowest BCUT2D eigenvalue weighted by Gasteiger charge is -2.36. The highest BCUT2D eigenvalue weighted by atomic mass is 15.0. The smallest absolute Gasteiger partial charge is 0.00218 e. The van der Waals surface area contributed by atoms with Crippen molar-refractivity contribution in [2.45, 2.75) is 297 Å². The van der Waals surface area contributed by atoms with E-state index < -0.39 is 0 Å². The Bertz CT molecular complexity index is 1010. The number of nitrogens with zero attached hydrogens (tertiary/aromatic N) is 1. The van der Waals surface area contributed by atoms with Gasteiger partial charge in [-0.25, -0.2) is 0 Å². The Morgan fingerprint density at radius 3 is 0.921 bits per heavy atom. The summed E-state index contributed by atoms with van der Waals surface area (Å²) in [6.45, 7) is 12.8. The van der Waals surface area contributed by atoms with Crippen LogP contribution < -0.4 is 0 Å². The van der Waals surface area contributed by atoms with E-state index in [2.05, 4.69) is 101 Å². The number of rotatable bonds is 51. The van der Waals surface area contributed by atoms with Gasteiger partial charge in [-0.3, -0.25) is 0 Å². The van der Waals surface area contributed by atoms with Gasteiger partial charge in [-0.05, 0) is 154 Å². The summed E-state index contributed by atoms with van der Waals surface area (Å²) in [5.74, 6) is 0. The molecule has 0 atom stereocenters. The summed E-state index contributed by atoms with van der Waals surface area (Å²) < 4.78 is 0. The van der Waals surface area contributed by atoms with E-state index in [0.717, 1.165) is 12.8 Å². The largest absolute Gasteiger partial charge is 0.309 e. The van der Waals surface area contributed by atoms with Crippen LogP contribution in [0.3, 0.4) is 0 Å². The van der Waals surface area contributed by atoms with Crippen LogP contribution in [-0.4, -0.2) is 25.5 Å². The molecule has 0 radical (unpaired) electrons. The Labute approximate surface area is 399 Å². The Kier molecular flexibility index (Phi) is 50.1. The molecule has 0 aliphatic rings. The minimum Gasteiger partial charge on any atom is -0.309 e. The van der Waals surface area contributed by atoms with E-state index in [4.69, 9.17) is 6.58 Å². The highest BCUT2D eigenvalue weighted by molar-refractivity contribution is 5.01. The molecule has 0 amide bonds. The van der Waals surface area contributed by atoms with E-state index in [9.17, 15) is 0 Å². The summed E-state index contributed by atoms with van der Waals surface area (Å²) in [5.41, 5.74) is 2.02. The van der Waals surface area contributed by atoms with Gasteiger partial charge in [0.1, 0.15) is 0 Å². The first kappa shape index (κ1) is 61.4. The zero-order valence-corrected chi connectivity index (χ0v) is 44.0. The summed E-state index contributed by atoms with van der Waals surface area (Å²) in [5, 5.41) is 0.